The molecule has 0 saturated carbocycles. The van der Waals surface area contributed by atoms with E-state index in [9.17, 15) is 9.59 Å². The predicted molar refractivity (Wildman–Crippen MR) is 73.9 cm³/mol. The van der Waals surface area contributed by atoms with E-state index in [4.69, 9.17) is 4.74 Å². The SMILES string of the molecule is C=CC(=O)Nc1ccnc(CNC(=O)[C@H]2CCCO2)c1. The summed E-state index contributed by atoms with van der Waals surface area (Å²) in [6, 6.07) is 3.38. The number of ether oxygens (including phenoxy) is 1. The second-order valence-electron chi connectivity index (χ2n) is 4.45. The van der Waals surface area contributed by atoms with Crippen molar-refractivity contribution in [3.8, 4) is 0 Å². The standard InChI is InChI=1S/C14H17N3O3/c1-2-13(18)17-10-5-6-15-11(8-10)9-16-14(19)12-4-3-7-20-12/h2,5-6,8,12H,1,3-4,7,9H2,(H,16,19)(H,15,17,18)/t12-/m1/s1. The average Bonchev–Trinajstić information content (AvgIpc) is 2.99. The number of nitrogens with one attached hydrogen (secondary N) is 2. The summed E-state index contributed by atoms with van der Waals surface area (Å²) in [6.45, 7) is 4.32. The van der Waals surface area contributed by atoms with E-state index in [1.54, 1.807) is 18.3 Å². The first-order valence-corrected chi connectivity index (χ1v) is 6.46. The van der Waals surface area contributed by atoms with Crippen LogP contribution in [0.3, 0.4) is 0 Å². The van der Waals surface area contributed by atoms with Crippen LogP contribution < -0.4 is 10.6 Å². The topological polar surface area (TPSA) is 80.3 Å². The normalized spacial score (nSPS) is 17.5. The Balaban J connectivity index is 1.89. The maximum absolute atomic E-state index is 11.8. The first-order valence-electron chi connectivity index (χ1n) is 6.46. The van der Waals surface area contributed by atoms with Crippen LogP contribution >= 0.6 is 0 Å². The highest BCUT2D eigenvalue weighted by Gasteiger charge is 2.23. The van der Waals surface area contributed by atoms with Gasteiger partial charge >= 0.3 is 0 Å². The highest BCUT2D eigenvalue weighted by atomic mass is 16.5. The fourth-order valence-electron chi connectivity index (χ4n) is 1.92. The molecule has 6 nitrogen and oxygen atoms in total. The Bertz CT molecular complexity index is 510. The number of carbonyl (C=O) groups is 2. The lowest BCUT2D eigenvalue weighted by Gasteiger charge is -2.10. The molecule has 0 bridgehead atoms. The summed E-state index contributed by atoms with van der Waals surface area (Å²) in [7, 11) is 0. The summed E-state index contributed by atoms with van der Waals surface area (Å²) in [6.07, 6.45) is 4.10. The van der Waals surface area contributed by atoms with Crippen molar-refractivity contribution in [3.63, 3.8) is 0 Å². The number of aromatic nitrogens is 1. The molecule has 1 aromatic rings. The zero-order valence-electron chi connectivity index (χ0n) is 11.1. The minimum Gasteiger partial charge on any atom is -0.368 e. The van der Waals surface area contributed by atoms with Crippen LogP contribution in [0, 0.1) is 0 Å². The summed E-state index contributed by atoms with van der Waals surface area (Å²) < 4.78 is 5.29. The number of carbonyl (C=O) groups excluding carboxylic acids is 2. The van der Waals surface area contributed by atoms with Crippen molar-refractivity contribution in [2.24, 2.45) is 0 Å². The number of hydrogen-bond donors (Lipinski definition) is 2. The van der Waals surface area contributed by atoms with Gasteiger partial charge < -0.3 is 15.4 Å². The quantitative estimate of drug-likeness (QED) is 0.786. The Morgan fingerprint density at radius 1 is 1.55 bits per heavy atom. The van der Waals surface area contributed by atoms with Gasteiger partial charge in [-0.1, -0.05) is 6.58 Å². The molecular weight excluding hydrogens is 258 g/mol. The van der Waals surface area contributed by atoms with Gasteiger partial charge in [-0.2, -0.15) is 0 Å². The van der Waals surface area contributed by atoms with Gasteiger partial charge in [-0.05, 0) is 31.1 Å². The third kappa shape index (κ3) is 3.89. The van der Waals surface area contributed by atoms with E-state index in [2.05, 4.69) is 22.2 Å². The van der Waals surface area contributed by atoms with E-state index in [1.165, 1.54) is 6.08 Å². The molecule has 0 radical (unpaired) electrons. The number of anilines is 1. The molecule has 106 valence electrons. The molecule has 2 amide bonds. The Morgan fingerprint density at radius 3 is 3.10 bits per heavy atom. The summed E-state index contributed by atoms with van der Waals surface area (Å²) in [5.74, 6) is -0.407. The minimum absolute atomic E-state index is 0.121. The average molecular weight is 275 g/mol. The van der Waals surface area contributed by atoms with Crippen LogP contribution in [0.4, 0.5) is 5.69 Å². The zero-order chi connectivity index (χ0) is 14.4. The van der Waals surface area contributed by atoms with Gasteiger partial charge in [0.1, 0.15) is 6.10 Å². The second kappa shape index (κ2) is 6.81. The third-order valence-electron chi connectivity index (χ3n) is 2.94. The van der Waals surface area contributed by atoms with E-state index in [1.807, 2.05) is 0 Å². The monoisotopic (exact) mass is 275 g/mol. The lowest BCUT2D eigenvalue weighted by molar-refractivity contribution is -0.130. The van der Waals surface area contributed by atoms with Gasteiger partial charge in [-0.3, -0.25) is 14.6 Å². The molecule has 0 aromatic carbocycles. The molecular formula is C14H17N3O3. The Morgan fingerprint density at radius 2 is 2.40 bits per heavy atom. The summed E-state index contributed by atoms with van der Waals surface area (Å²) >= 11 is 0. The zero-order valence-corrected chi connectivity index (χ0v) is 11.1. The summed E-state index contributed by atoms with van der Waals surface area (Å²) in [5.41, 5.74) is 1.28. The Labute approximate surface area is 117 Å². The lowest BCUT2D eigenvalue weighted by Crippen LogP contribution is -2.33. The minimum atomic E-state index is -0.348. The lowest BCUT2D eigenvalue weighted by atomic mass is 10.2. The fraction of sp³-hybridized carbons (Fsp3) is 0.357. The summed E-state index contributed by atoms with van der Waals surface area (Å²) in [4.78, 5) is 27.1. The molecule has 2 rings (SSSR count). The maximum atomic E-state index is 11.8. The molecule has 1 saturated heterocycles. The van der Waals surface area contributed by atoms with Crippen LogP contribution in [0.2, 0.25) is 0 Å². The molecule has 1 atom stereocenters. The largest absolute Gasteiger partial charge is 0.368 e. The molecule has 1 aliphatic heterocycles. The Kier molecular flexibility index (Phi) is 4.84. The maximum Gasteiger partial charge on any atom is 0.249 e. The van der Waals surface area contributed by atoms with Gasteiger partial charge in [0.05, 0.1) is 12.2 Å². The summed E-state index contributed by atoms with van der Waals surface area (Å²) in [5, 5.41) is 5.42. The molecule has 20 heavy (non-hydrogen) atoms. The van der Waals surface area contributed by atoms with Crippen LogP contribution in [0.25, 0.3) is 0 Å². The number of rotatable bonds is 5. The van der Waals surface area contributed by atoms with E-state index in [-0.39, 0.29) is 17.9 Å². The van der Waals surface area contributed by atoms with Crippen LogP contribution in [-0.4, -0.2) is 29.5 Å². The smallest absolute Gasteiger partial charge is 0.249 e. The van der Waals surface area contributed by atoms with E-state index in [0.717, 1.165) is 12.8 Å². The first-order chi connectivity index (χ1) is 9.69. The second-order valence-corrected chi connectivity index (χ2v) is 4.45. The number of hydrogen-bond acceptors (Lipinski definition) is 4. The van der Waals surface area contributed by atoms with Crippen LogP contribution in [0.1, 0.15) is 18.5 Å². The van der Waals surface area contributed by atoms with Crippen molar-refractivity contribution in [1.29, 1.82) is 0 Å². The Hall–Kier alpha value is -2.21. The molecule has 0 spiro atoms. The van der Waals surface area contributed by atoms with E-state index >= 15 is 0 Å². The number of amides is 2. The predicted octanol–water partition coefficient (Wildman–Crippen LogP) is 1.00. The van der Waals surface area contributed by atoms with Gasteiger partial charge in [0.15, 0.2) is 0 Å². The van der Waals surface area contributed by atoms with Gasteiger partial charge in [0.2, 0.25) is 11.8 Å². The molecule has 6 heteroatoms. The third-order valence-corrected chi connectivity index (χ3v) is 2.94. The van der Waals surface area contributed by atoms with Gasteiger partial charge in [-0.25, -0.2) is 0 Å². The molecule has 1 aliphatic rings. The van der Waals surface area contributed by atoms with Crippen LogP contribution in [0.5, 0.6) is 0 Å². The van der Waals surface area contributed by atoms with Gasteiger partial charge in [0, 0.05) is 18.5 Å². The van der Waals surface area contributed by atoms with Crippen molar-refractivity contribution < 1.29 is 14.3 Å². The van der Waals surface area contributed by atoms with Crippen molar-refractivity contribution in [1.82, 2.24) is 10.3 Å². The van der Waals surface area contributed by atoms with Crippen molar-refractivity contribution in [3.05, 3.63) is 36.7 Å². The molecule has 2 N–H and O–H groups in total. The van der Waals surface area contributed by atoms with Crippen molar-refractivity contribution in [2.75, 3.05) is 11.9 Å². The molecule has 2 heterocycles. The van der Waals surface area contributed by atoms with Gasteiger partial charge in [-0.15, -0.1) is 0 Å². The molecule has 1 aromatic heterocycles. The van der Waals surface area contributed by atoms with E-state index < -0.39 is 0 Å². The fourth-order valence-corrected chi connectivity index (χ4v) is 1.92. The van der Waals surface area contributed by atoms with Gasteiger partial charge in [0.25, 0.3) is 0 Å². The first kappa shape index (κ1) is 14.2. The van der Waals surface area contributed by atoms with Crippen LogP contribution in [-0.2, 0) is 20.9 Å². The van der Waals surface area contributed by atoms with Crippen molar-refractivity contribution >= 4 is 17.5 Å². The highest BCUT2D eigenvalue weighted by molar-refractivity contribution is 5.98. The number of pyridine rings is 1. The van der Waals surface area contributed by atoms with Crippen molar-refractivity contribution in [2.45, 2.75) is 25.5 Å². The van der Waals surface area contributed by atoms with E-state index in [0.29, 0.717) is 24.5 Å². The molecule has 1 fully saturated rings. The van der Waals surface area contributed by atoms with Crippen LogP contribution in [0.15, 0.2) is 31.0 Å². The number of nitrogens with zero attached hydrogens (tertiary/aromatic N) is 1. The molecule has 0 aliphatic carbocycles. The molecule has 0 unspecified atom stereocenters. The highest BCUT2D eigenvalue weighted by Crippen LogP contribution is 2.12.